The minimum atomic E-state index is 0.965. The van der Waals surface area contributed by atoms with Crippen LogP contribution in [0.2, 0.25) is 0 Å². The molecule has 4 nitrogen and oxygen atoms in total. The smallest absolute Gasteiger partial charge is 0.0527 e. The number of hydrogen-bond acceptors (Lipinski definition) is 4. The lowest BCUT2D eigenvalue weighted by molar-refractivity contribution is 0.424. The van der Waals surface area contributed by atoms with Crippen LogP contribution in [0.4, 0.5) is 0 Å². The molecule has 94 valence electrons. The van der Waals surface area contributed by atoms with Gasteiger partial charge in [-0.3, -0.25) is 9.98 Å². The van der Waals surface area contributed by atoms with Gasteiger partial charge in [0.05, 0.1) is 13.1 Å². The first-order chi connectivity index (χ1) is 8.36. The highest BCUT2D eigenvalue weighted by Crippen LogP contribution is 1.95. The van der Waals surface area contributed by atoms with Crippen molar-refractivity contribution in [3.05, 3.63) is 24.8 Å². The van der Waals surface area contributed by atoms with Crippen LogP contribution in [0, 0.1) is 0 Å². The minimum absolute atomic E-state index is 0.965. The van der Waals surface area contributed by atoms with Crippen molar-refractivity contribution in [2.24, 2.45) is 9.98 Å². The Balaban J connectivity index is 0.000000171. The van der Waals surface area contributed by atoms with Crippen molar-refractivity contribution >= 4 is 12.4 Å². The molecular formula is C13H22N4. The van der Waals surface area contributed by atoms with E-state index in [1.165, 1.54) is 6.42 Å². The Labute approximate surface area is 104 Å². The molecular weight excluding hydrogens is 212 g/mol. The van der Waals surface area contributed by atoms with Crippen molar-refractivity contribution in [3.8, 4) is 0 Å². The summed E-state index contributed by atoms with van der Waals surface area (Å²) in [6.07, 6.45) is 12.7. The van der Waals surface area contributed by atoms with Gasteiger partial charge in [-0.05, 0) is 13.3 Å². The lowest BCUT2D eigenvalue weighted by atomic mass is 10.4. The van der Waals surface area contributed by atoms with E-state index < -0.39 is 0 Å². The number of hydrogen-bond donors (Lipinski definition) is 0. The van der Waals surface area contributed by atoms with E-state index in [1.54, 1.807) is 0 Å². The molecule has 4 heteroatoms. The number of rotatable bonds is 3. The predicted molar refractivity (Wildman–Crippen MR) is 74.4 cm³/mol. The predicted octanol–water partition coefficient (Wildman–Crippen LogP) is 2.12. The molecule has 0 aromatic rings. The maximum absolute atomic E-state index is 3.96. The zero-order valence-corrected chi connectivity index (χ0v) is 10.8. The average Bonchev–Trinajstić information content (AvgIpc) is 2.42. The van der Waals surface area contributed by atoms with Crippen molar-refractivity contribution in [2.75, 3.05) is 26.2 Å². The van der Waals surface area contributed by atoms with Crippen molar-refractivity contribution in [1.29, 1.82) is 0 Å². The molecule has 0 N–H and O–H groups in total. The van der Waals surface area contributed by atoms with E-state index in [0.29, 0.717) is 0 Å². The maximum atomic E-state index is 3.96. The van der Waals surface area contributed by atoms with Crippen LogP contribution >= 0.6 is 0 Å². The molecule has 0 radical (unpaired) electrons. The highest BCUT2D eigenvalue weighted by molar-refractivity contribution is 5.62. The van der Waals surface area contributed by atoms with Gasteiger partial charge >= 0.3 is 0 Å². The van der Waals surface area contributed by atoms with Crippen LogP contribution in [0.25, 0.3) is 0 Å². The van der Waals surface area contributed by atoms with Gasteiger partial charge in [0.1, 0.15) is 0 Å². The Morgan fingerprint density at radius 2 is 1.53 bits per heavy atom. The molecule has 0 bridgehead atoms. The summed E-state index contributed by atoms with van der Waals surface area (Å²) in [6, 6.07) is 0. The summed E-state index contributed by atoms with van der Waals surface area (Å²) in [5, 5.41) is 0. The monoisotopic (exact) mass is 234 g/mol. The van der Waals surface area contributed by atoms with Crippen molar-refractivity contribution in [1.82, 2.24) is 9.80 Å². The summed E-state index contributed by atoms with van der Waals surface area (Å²) in [5.74, 6) is 0. The van der Waals surface area contributed by atoms with Gasteiger partial charge in [0, 0.05) is 50.3 Å². The molecule has 2 heterocycles. The highest BCUT2D eigenvalue weighted by Gasteiger charge is 1.95. The Bertz CT molecular complexity index is 305. The number of nitrogens with zero attached hydrogens (tertiary/aromatic N) is 4. The van der Waals surface area contributed by atoms with Gasteiger partial charge in [-0.2, -0.15) is 0 Å². The van der Waals surface area contributed by atoms with Crippen LogP contribution in [-0.2, 0) is 0 Å². The Morgan fingerprint density at radius 1 is 0.941 bits per heavy atom. The fourth-order valence-corrected chi connectivity index (χ4v) is 1.50. The quantitative estimate of drug-likeness (QED) is 0.749. The summed E-state index contributed by atoms with van der Waals surface area (Å²) in [4.78, 5) is 12.3. The fourth-order valence-electron chi connectivity index (χ4n) is 1.50. The third-order valence-electron chi connectivity index (χ3n) is 2.49. The molecule has 0 aromatic carbocycles. The summed E-state index contributed by atoms with van der Waals surface area (Å²) < 4.78 is 0. The minimum Gasteiger partial charge on any atom is -0.371 e. The van der Waals surface area contributed by atoms with Crippen LogP contribution in [0.3, 0.4) is 0 Å². The average molecular weight is 234 g/mol. The molecule has 0 fully saturated rings. The summed E-state index contributed by atoms with van der Waals surface area (Å²) in [7, 11) is 0. The van der Waals surface area contributed by atoms with E-state index in [4.69, 9.17) is 0 Å². The third-order valence-corrected chi connectivity index (χ3v) is 2.49. The maximum Gasteiger partial charge on any atom is 0.0527 e. The van der Waals surface area contributed by atoms with Crippen molar-refractivity contribution in [2.45, 2.75) is 20.3 Å². The SMILES string of the molecule is CCCN1C=CN=CC1.CCN1C=CN=CC1. The van der Waals surface area contributed by atoms with Gasteiger partial charge in [-0.15, -0.1) is 0 Å². The van der Waals surface area contributed by atoms with Crippen LogP contribution in [0.1, 0.15) is 20.3 Å². The molecule has 0 saturated heterocycles. The lowest BCUT2D eigenvalue weighted by Crippen LogP contribution is -2.21. The second-order valence-electron chi connectivity index (χ2n) is 3.84. The normalized spacial score (nSPS) is 17.1. The Hall–Kier alpha value is -1.58. The molecule has 17 heavy (non-hydrogen) atoms. The van der Waals surface area contributed by atoms with Crippen LogP contribution in [0.15, 0.2) is 34.8 Å². The Kier molecular flexibility index (Phi) is 6.79. The fraction of sp³-hybridized carbons (Fsp3) is 0.538. The van der Waals surface area contributed by atoms with E-state index in [9.17, 15) is 0 Å². The van der Waals surface area contributed by atoms with E-state index >= 15 is 0 Å². The first kappa shape index (κ1) is 13.5. The molecule has 0 aromatic heterocycles. The molecule has 0 aliphatic carbocycles. The first-order valence-corrected chi connectivity index (χ1v) is 6.21. The topological polar surface area (TPSA) is 31.2 Å². The zero-order chi connectivity index (χ0) is 12.3. The van der Waals surface area contributed by atoms with Crippen molar-refractivity contribution < 1.29 is 0 Å². The van der Waals surface area contributed by atoms with Gasteiger partial charge in [0.25, 0.3) is 0 Å². The first-order valence-electron chi connectivity index (χ1n) is 6.21. The molecule has 0 unspecified atom stereocenters. The summed E-state index contributed by atoms with van der Waals surface area (Å²) in [6.45, 7) is 8.46. The highest BCUT2D eigenvalue weighted by atomic mass is 15.1. The zero-order valence-electron chi connectivity index (χ0n) is 10.8. The largest absolute Gasteiger partial charge is 0.371 e. The molecule has 0 saturated carbocycles. The molecule has 2 rings (SSSR count). The molecule has 0 amide bonds. The van der Waals surface area contributed by atoms with Crippen molar-refractivity contribution in [3.63, 3.8) is 0 Å². The Morgan fingerprint density at radius 3 is 1.88 bits per heavy atom. The van der Waals surface area contributed by atoms with Gasteiger partial charge in [-0.25, -0.2) is 0 Å². The van der Waals surface area contributed by atoms with Gasteiger partial charge < -0.3 is 9.80 Å². The van der Waals surface area contributed by atoms with E-state index in [0.717, 1.165) is 26.2 Å². The van der Waals surface area contributed by atoms with E-state index in [1.807, 2.05) is 37.2 Å². The second kappa shape index (κ2) is 8.56. The molecule has 2 aliphatic heterocycles. The molecule has 0 atom stereocenters. The number of aliphatic imine (C=N–C) groups is 2. The van der Waals surface area contributed by atoms with E-state index in [2.05, 4.69) is 33.6 Å². The van der Waals surface area contributed by atoms with Crippen LogP contribution in [-0.4, -0.2) is 48.4 Å². The molecule has 0 spiro atoms. The van der Waals surface area contributed by atoms with Crippen LogP contribution in [0.5, 0.6) is 0 Å². The lowest BCUT2D eigenvalue weighted by Gasteiger charge is -2.17. The van der Waals surface area contributed by atoms with Gasteiger partial charge in [-0.1, -0.05) is 6.92 Å². The van der Waals surface area contributed by atoms with Gasteiger partial charge in [0.2, 0.25) is 0 Å². The third kappa shape index (κ3) is 5.90. The van der Waals surface area contributed by atoms with E-state index in [-0.39, 0.29) is 0 Å². The second-order valence-corrected chi connectivity index (χ2v) is 3.84. The van der Waals surface area contributed by atoms with Gasteiger partial charge in [0.15, 0.2) is 0 Å². The van der Waals surface area contributed by atoms with Crippen LogP contribution < -0.4 is 0 Å². The summed E-state index contributed by atoms with van der Waals surface area (Å²) in [5.41, 5.74) is 0. The summed E-state index contributed by atoms with van der Waals surface area (Å²) >= 11 is 0. The molecule has 2 aliphatic rings. The standard InChI is InChI=1S/C7H12N2.C6H10N2/c1-2-5-9-6-3-8-4-7-9;1-2-8-5-3-7-4-6-8/h3-4,6H,2,5,7H2,1H3;3-5H,2,6H2,1H3.